The zero-order valence-corrected chi connectivity index (χ0v) is 14.3. The molecule has 3 aromatic rings. The molecule has 1 amide bonds. The molecule has 8 heteroatoms. The zero-order chi connectivity index (χ0) is 17.1. The minimum absolute atomic E-state index is 0.217. The molecule has 0 radical (unpaired) electrons. The number of carbonyl (C=O) groups excluding carboxylic acids is 1. The van der Waals surface area contributed by atoms with Gasteiger partial charge in [-0.15, -0.1) is 0 Å². The van der Waals surface area contributed by atoms with Crippen LogP contribution in [0.4, 0.5) is 0 Å². The minimum atomic E-state index is -0.423. The largest absolute Gasteiger partial charge is 0.496 e. The molecule has 0 aliphatic rings. The highest BCUT2D eigenvalue weighted by Gasteiger charge is 2.20. The summed E-state index contributed by atoms with van der Waals surface area (Å²) in [6.45, 7) is 3.58. The maximum absolute atomic E-state index is 12.2. The van der Waals surface area contributed by atoms with Crippen molar-refractivity contribution < 1.29 is 14.1 Å². The molecule has 0 aliphatic carbocycles. The van der Waals surface area contributed by atoms with Crippen molar-refractivity contribution in [3.8, 4) is 17.1 Å². The number of nitrogens with one attached hydrogen (secondary N) is 1. The number of hydrogen-bond donors (Lipinski definition) is 1. The predicted molar refractivity (Wildman–Crippen MR) is 89.0 cm³/mol. The second-order valence-electron chi connectivity index (χ2n) is 5.17. The number of aryl methyl sites for hydroxylation is 1. The highest BCUT2D eigenvalue weighted by atomic mass is 32.1. The number of aromatic nitrogens is 3. The van der Waals surface area contributed by atoms with Crippen LogP contribution in [-0.4, -0.2) is 27.5 Å². The maximum atomic E-state index is 12.2. The quantitative estimate of drug-likeness (QED) is 0.765. The number of carbonyl (C=O) groups is 1. The summed E-state index contributed by atoms with van der Waals surface area (Å²) in [6, 6.07) is 6.97. The van der Waals surface area contributed by atoms with Crippen LogP contribution in [0.3, 0.4) is 0 Å². The van der Waals surface area contributed by atoms with Gasteiger partial charge in [0.25, 0.3) is 5.91 Å². The Morgan fingerprint density at radius 3 is 2.88 bits per heavy atom. The first-order valence-corrected chi connectivity index (χ1v) is 8.12. The van der Waals surface area contributed by atoms with Gasteiger partial charge in [0.05, 0.1) is 23.9 Å². The van der Waals surface area contributed by atoms with E-state index in [1.54, 1.807) is 26.3 Å². The third-order valence-electron chi connectivity index (χ3n) is 3.50. The first-order chi connectivity index (χ1) is 11.6. The van der Waals surface area contributed by atoms with E-state index in [0.29, 0.717) is 28.7 Å². The minimum Gasteiger partial charge on any atom is -0.496 e. The topological polar surface area (TPSA) is 90.1 Å². The van der Waals surface area contributed by atoms with E-state index in [-0.39, 0.29) is 5.91 Å². The first-order valence-electron chi connectivity index (χ1n) is 7.29. The third kappa shape index (κ3) is 3.13. The van der Waals surface area contributed by atoms with E-state index >= 15 is 0 Å². The molecule has 0 unspecified atom stereocenters. The van der Waals surface area contributed by atoms with Gasteiger partial charge >= 0.3 is 0 Å². The van der Waals surface area contributed by atoms with Gasteiger partial charge in [-0.3, -0.25) is 4.79 Å². The predicted octanol–water partition coefficient (Wildman–Crippen LogP) is 3.00. The van der Waals surface area contributed by atoms with E-state index in [2.05, 4.69) is 19.8 Å². The average Bonchev–Trinajstić information content (AvgIpc) is 3.23. The molecule has 7 nitrogen and oxygen atoms in total. The first kappa shape index (κ1) is 16.1. The van der Waals surface area contributed by atoms with E-state index in [4.69, 9.17) is 9.26 Å². The molecule has 124 valence electrons. The van der Waals surface area contributed by atoms with Crippen molar-refractivity contribution in [1.82, 2.24) is 19.8 Å². The van der Waals surface area contributed by atoms with Crippen LogP contribution in [0.15, 0.2) is 34.2 Å². The number of amides is 1. The van der Waals surface area contributed by atoms with Crippen LogP contribution in [0, 0.1) is 6.92 Å². The summed E-state index contributed by atoms with van der Waals surface area (Å²) < 4.78 is 14.7. The molecule has 0 bridgehead atoms. The van der Waals surface area contributed by atoms with E-state index in [1.165, 1.54) is 11.5 Å². The highest BCUT2D eigenvalue weighted by molar-refractivity contribution is 7.03. The van der Waals surface area contributed by atoms with Gasteiger partial charge in [-0.2, -0.15) is 9.36 Å². The molecule has 2 heterocycles. The Balaban J connectivity index is 1.78. The van der Waals surface area contributed by atoms with Crippen LogP contribution in [-0.2, 0) is 0 Å². The average molecular weight is 344 g/mol. The van der Waals surface area contributed by atoms with Gasteiger partial charge in [0.15, 0.2) is 0 Å². The monoisotopic (exact) mass is 344 g/mol. The lowest BCUT2D eigenvalue weighted by molar-refractivity contribution is 0.0932. The number of hydrogen-bond acceptors (Lipinski definition) is 7. The number of nitrogens with zero attached hydrogens (tertiary/aromatic N) is 3. The number of para-hydroxylation sites is 1. The van der Waals surface area contributed by atoms with Crippen LogP contribution < -0.4 is 10.1 Å². The summed E-state index contributed by atoms with van der Waals surface area (Å²) in [4.78, 5) is 16.6. The van der Waals surface area contributed by atoms with Gasteiger partial charge in [-0.1, -0.05) is 17.3 Å². The highest BCUT2D eigenvalue weighted by Crippen LogP contribution is 2.28. The lowest BCUT2D eigenvalue weighted by Crippen LogP contribution is -2.27. The van der Waals surface area contributed by atoms with Gasteiger partial charge in [0, 0.05) is 5.38 Å². The molecule has 0 saturated heterocycles. The van der Waals surface area contributed by atoms with E-state index < -0.39 is 6.04 Å². The summed E-state index contributed by atoms with van der Waals surface area (Å²) in [7, 11) is 1.58. The molecular weight excluding hydrogens is 328 g/mol. The molecular formula is C16H16N4O3S. The molecule has 0 aliphatic heterocycles. The molecule has 1 atom stereocenters. The zero-order valence-electron chi connectivity index (χ0n) is 13.4. The second kappa shape index (κ2) is 6.79. The third-order valence-corrected chi connectivity index (χ3v) is 4.22. The summed E-state index contributed by atoms with van der Waals surface area (Å²) in [5.74, 6) is 1.18. The van der Waals surface area contributed by atoms with Crippen molar-refractivity contribution in [2.45, 2.75) is 19.9 Å². The van der Waals surface area contributed by atoms with Crippen LogP contribution in [0.5, 0.6) is 5.75 Å². The smallest absolute Gasteiger partial charge is 0.254 e. The lowest BCUT2D eigenvalue weighted by Gasteiger charge is -2.08. The molecule has 0 fully saturated rings. The molecule has 1 aromatic carbocycles. The standard InChI is InChI=1S/C16H16N4O3S/c1-9-12(8-24-20-9)15(21)17-10(2)16-18-14(19-23-16)11-6-4-5-7-13(11)22-3/h4-8,10H,1-3H3,(H,17,21)/t10-/m1/s1. The van der Waals surface area contributed by atoms with Crippen molar-refractivity contribution in [1.29, 1.82) is 0 Å². The Hall–Kier alpha value is -2.74. The lowest BCUT2D eigenvalue weighted by atomic mass is 10.2. The molecule has 0 saturated carbocycles. The van der Waals surface area contributed by atoms with Gasteiger partial charge in [-0.05, 0) is 37.5 Å². The van der Waals surface area contributed by atoms with E-state index in [0.717, 1.165) is 5.56 Å². The molecule has 3 rings (SSSR count). The van der Waals surface area contributed by atoms with Gasteiger partial charge in [-0.25, -0.2) is 0 Å². The van der Waals surface area contributed by atoms with E-state index in [9.17, 15) is 4.79 Å². The Kier molecular flexibility index (Phi) is 4.57. The van der Waals surface area contributed by atoms with Crippen LogP contribution in [0.2, 0.25) is 0 Å². The van der Waals surface area contributed by atoms with E-state index in [1.807, 2.05) is 24.3 Å². The number of benzene rings is 1. The fourth-order valence-corrected chi connectivity index (χ4v) is 2.89. The fraction of sp³-hybridized carbons (Fsp3) is 0.250. The Labute approximate surface area is 142 Å². The summed E-state index contributed by atoms with van der Waals surface area (Å²) in [5.41, 5.74) is 1.98. The van der Waals surface area contributed by atoms with Gasteiger partial charge in [0.1, 0.15) is 11.8 Å². The van der Waals surface area contributed by atoms with Gasteiger partial charge in [0.2, 0.25) is 11.7 Å². The van der Waals surface area contributed by atoms with Gasteiger partial charge < -0.3 is 14.6 Å². The van der Waals surface area contributed by atoms with Crippen molar-refractivity contribution in [2.24, 2.45) is 0 Å². The van der Waals surface area contributed by atoms with Crippen LogP contribution in [0.25, 0.3) is 11.4 Å². The van der Waals surface area contributed by atoms with Crippen molar-refractivity contribution in [3.05, 3.63) is 46.8 Å². The Bertz CT molecular complexity index is 858. The SMILES string of the molecule is COc1ccccc1-c1noc([C@@H](C)NC(=O)c2csnc2C)n1. The second-order valence-corrected chi connectivity index (χ2v) is 5.79. The van der Waals surface area contributed by atoms with Crippen molar-refractivity contribution in [3.63, 3.8) is 0 Å². The number of ether oxygens (including phenoxy) is 1. The summed E-state index contributed by atoms with van der Waals surface area (Å²) >= 11 is 1.25. The fourth-order valence-electron chi connectivity index (χ4n) is 2.20. The molecule has 2 aromatic heterocycles. The summed E-state index contributed by atoms with van der Waals surface area (Å²) in [6.07, 6.45) is 0. The van der Waals surface area contributed by atoms with Crippen LogP contribution in [0.1, 0.15) is 34.9 Å². The Morgan fingerprint density at radius 2 is 2.17 bits per heavy atom. The number of methoxy groups -OCH3 is 1. The molecule has 1 N–H and O–H groups in total. The summed E-state index contributed by atoms with van der Waals surface area (Å²) in [5, 5.41) is 8.52. The van der Waals surface area contributed by atoms with Crippen LogP contribution >= 0.6 is 11.5 Å². The molecule has 0 spiro atoms. The maximum Gasteiger partial charge on any atom is 0.254 e. The van der Waals surface area contributed by atoms with Crippen molar-refractivity contribution in [2.75, 3.05) is 7.11 Å². The normalized spacial score (nSPS) is 12.0. The van der Waals surface area contributed by atoms with Crippen molar-refractivity contribution >= 4 is 17.4 Å². The number of rotatable bonds is 5. The Morgan fingerprint density at radius 1 is 1.38 bits per heavy atom. The molecule has 24 heavy (non-hydrogen) atoms.